The molecule has 0 amide bonds. The van der Waals surface area contributed by atoms with Crippen molar-refractivity contribution in [2.45, 2.75) is 17.1 Å². The van der Waals surface area contributed by atoms with E-state index in [0.29, 0.717) is 37.1 Å². The van der Waals surface area contributed by atoms with Gasteiger partial charge in [0.05, 0.1) is 44.2 Å². The number of rotatable bonds is 12. The number of hydrogen-bond donors (Lipinski definition) is 1. The first-order valence-corrected chi connectivity index (χ1v) is 9.02. The van der Waals surface area contributed by atoms with E-state index in [0.717, 1.165) is 17.1 Å². The van der Waals surface area contributed by atoms with Crippen molar-refractivity contribution in [3.63, 3.8) is 0 Å². The van der Waals surface area contributed by atoms with Crippen LogP contribution in [-0.2, 0) is 24.9 Å². The van der Waals surface area contributed by atoms with Crippen LogP contribution >= 0.6 is 31.9 Å². The number of aromatic nitrogens is 1. The maximum Gasteiger partial charge on any atom is 0.305 e. The van der Waals surface area contributed by atoms with Gasteiger partial charge in [-0.25, -0.2) is 0 Å². The molecule has 1 rings (SSSR count). The van der Waals surface area contributed by atoms with Gasteiger partial charge in [0.15, 0.2) is 0 Å². The quantitative estimate of drug-likeness (QED) is 0.397. The summed E-state index contributed by atoms with van der Waals surface area (Å²) < 4.78 is 16.1. The lowest BCUT2D eigenvalue weighted by Crippen LogP contribution is -2.12. The molecule has 0 aliphatic carbocycles. The number of carboxylic acids is 1. The molecule has 0 fully saturated rings. The molecule has 0 bridgehead atoms. The monoisotopic (exact) mass is 439 g/mol. The smallest absolute Gasteiger partial charge is 0.305 e. The first kappa shape index (κ1) is 19.3. The van der Waals surface area contributed by atoms with E-state index >= 15 is 0 Å². The molecule has 0 unspecified atom stereocenters. The molecule has 0 saturated heterocycles. The number of pyridine rings is 1. The van der Waals surface area contributed by atoms with Gasteiger partial charge in [-0.15, -0.1) is 0 Å². The van der Waals surface area contributed by atoms with Crippen molar-refractivity contribution in [3.05, 3.63) is 23.5 Å². The zero-order chi connectivity index (χ0) is 16.2. The number of carbonyl (C=O) groups is 1. The SMILES string of the molecule is O=C(O)CCOCCOCCOc1cc(CBr)nc(CBr)c1. The molecule has 1 N–H and O–H groups in total. The van der Waals surface area contributed by atoms with E-state index in [1.165, 1.54) is 0 Å². The van der Waals surface area contributed by atoms with Crippen LogP contribution < -0.4 is 4.74 Å². The van der Waals surface area contributed by atoms with Crippen LogP contribution in [-0.4, -0.2) is 49.1 Å². The summed E-state index contributed by atoms with van der Waals surface area (Å²) in [6.07, 6.45) is 0.0109. The van der Waals surface area contributed by atoms with E-state index in [-0.39, 0.29) is 13.0 Å². The van der Waals surface area contributed by atoms with Crippen molar-refractivity contribution in [1.82, 2.24) is 4.98 Å². The number of halogens is 2. The molecule has 0 aliphatic rings. The summed E-state index contributed by atoms with van der Waals surface area (Å²) in [7, 11) is 0. The van der Waals surface area contributed by atoms with Crippen LogP contribution in [0.3, 0.4) is 0 Å². The lowest BCUT2D eigenvalue weighted by Gasteiger charge is -2.09. The maximum atomic E-state index is 10.3. The number of nitrogens with zero attached hydrogens (tertiary/aromatic N) is 1. The molecule has 0 aliphatic heterocycles. The zero-order valence-corrected chi connectivity index (χ0v) is 15.3. The van der Waals surface area contributed by atoms with Crippen LogP contribution in [0.4, 0.5) is 0 Å². The number of alkyl halides is 2. The molecule has 1 aromatic rings. The molecule has 0 aromatic carbocycles. The summed E-state index contributed by atoms with van der Waals surface area (Å²) in [6.45, 7) is 1.87. The fourth-order valence-corrected chi connectivity index (χ4v) is 2.11. The molecular formula is C14H19Br2NO5. The minimum Gasteiger partial charge on any atom is -0.491 e. The Balaban J connectivity index is 2.13. The summed E-state index contributed by atoms with van der Waals surface area (Å²) in [6, 6.07) is 3.77. The first-order chi connectivity index (χ1) is 10.7. The van der Waals surface area contributed by atoms with Crippen LogP contribution in [0.2, 0.25) is 0 Å². The Bertz CT molecular complexity index is 437. The van der Waals surface area contributed by atoms with E-state index in [1.807, 2.05) is 12.1 Å². The summed E-state index contributed by atoms with van der Waals surface area (Å²) in [5.74, 6) is -0.0995. The molecule has 0 saturated carbocycles. The van der Waals surface area contributed by atoms with Gasteiger partial charge in [-0.1, -0.05) is 31.9 Å². The van der Waals surface area contributed by atoms with E-state index < -0.39 is 5.97 Å². The van der Waals surface area contributed by atoms with Crippen LogP contribution in [0.1, 0.15) is 17.8 Å². The number of hydrogen-bond acceptors (Lipinski definition) is 5. The molecule has 0 spiro atoms. The highest BCUT2D eigenvalue weighted by molar-refractivity contribution is 9.08. The van der Waals surface area contributed by atoms with Gasteiger partial charge in [-0.3, -0.25) is 9.78 Å². The van der Waals surface area contributed by atoms with E-state index in [9.17, 15) is 4.79 Å². The largest absolute Gasteiger partial charge is 0.491 e. The van der Waals surface area contributed by atoms with Gasteiger partial charge in [-0.2, -0.15) is 0 Å². The van der Waals surface area contributed by atoms with E-state index in [4.69, 9.17) is 19.3 Å². The summed E-state index contributed by atoms with van der Waals surface area (Å²) >= 11 is 6.76. The van der Waals surface area contributed by atoms with Crippen molar-refractivity contribution < 1.29 is 24.1 Å². The molecule has 22 heavy (non-hydrogen) atoms. The Morgan fingerprint density at radius 2 is 1.55 bits per heavy atom. The minimum atomic E-state index is -0.864. The summed E-state index contributed by atoms with van der Waals surface area (Å²) in [5, 5.41) is 9.78. The maximum absolute atomic E-state index is 10.3. The average molecular weight is 441 g/mol. The minimum absolute atomic E-state index is 0.0109. The standard InChI is InChI=1S/C14H19Br2NO5/c15-9-11-7-13(8-12(10-16)17-11)22-6-5-21-4-3-20-2-1-14(18)19/h7-8H,1-6,9-10H2,(H,18,19). The normalized spacial score (nSPS) is 10.6. The molecule has 8 heteroatoms. The van der Waals surface area contributed by atoms with E-state index in [1.54, 1.807) is 0 Å². The Labute approximate surface area is 146 Å². The molecule has 0 radical (unpaired) electrons. The Morgan fingerprint density at radius 1 is 1.00 bits per heavy atom. The first-order valence-electron chi connectivity index (χ1n) is 6.77. The van der Waals surface area contributed by atoms with Crippen molar-refractivity contribution in [3.8, 4) is 5.75 Å². The highest BCUT2D eigenvalue weighted by atomic mass is 79.9. The molecule has 1 aromatic heterocycles. The summed E-state index contributed by atoms with van der Waals surface area (Å²) in [4.78, 5) is 14.7. The molecule has 124 valence electrons. The van der Waals surface area contributed by atoms with Crippen molar-refractivity contribution in [2.24, 2.45) is 0 Å². The van der Waals surface area contributed by atoms with Gasteiger partial charge < -0.3 is 19.3 Å². The zero-order valence-electron chi connectivity index (χ0n) is 12.1. The molecule has 6 nitrogen and oxygen atoms in total. The number of ether oxygens (including phenoxy) is 3. The third-order valence-corrected chi connectivity index (χ3v) is 3.66. The number of carboxylic acid groups (broad SMARTS) is 1. The second-order valence-corrected chi connectivity index (χ2v) is 5.39. The van der Waals surface area contributed by atoms with Gasteiger partial charge in [0.25, 0.3) is 0 Å². The lowest BCUT2D eigenvalue weighted by molar-refractivity contribution is -0.138. The van der Waals surface area contributed by atoms with Crippen LogP contribution in [0, 0.1) is 0 Å². The van der Waals surface area contributed by atoms with Crippen molar-refractivity contribution in [2.75, 3.05) is 33.0 Å². The third-order valence-electron chi connectivity index (χ3n) is 2.51. The molecule has 0 atom stereocenters. The summed E-state index contributed by atoms with van der Waals surface area (Å²) in [5.41, 5.74) is 1.83. The van der Waals surface area contributed by atoms with Gasteiger partial charge in [0.1, 0.15) is 12.4 Å². The molecule has 1 heterocycles. The highest BCUT2D eigenvalue weighted by Crippen LogP contribution is 2.17. The van der Waals surface area contributed by atoms with Crippen LogP contribution in [0.15, 0.2) is 12.1 Å². The average Bonchev–Trinajstić information content (AvgIpc) is 2.52. The van der Waals surface area contributed by atoms with Crippen molar-refractivity contribution >= 4 is 37.8 Å². The predicted octanol–water partition coefficient (Wildman–Crippen LogP) is 2.76. The van der Waals surface area contributed by atoms with Crippen LogP contribution in [0.5, 0.6) is 5.75 Å². The van der Waals surface area contributed by atoms with Crippen molar-refractivity contribution in [1.29, 1.82) is 0 Å². The van der Waals surface area contributed by atoms with Gasteiger partial charge in [0, 0.05) is 22.8 Å². The second-order valence-electron chi connectivity index (χ2n) is 4.27. The predicted molar refractivity (Wildman–Crippen MR) is 88.9 cm³/mol. The highest BCUT2D eigenvalue weighted by Gasteiger charge is 2.03. The lowest BCUT2D eigenvalue weighted by atomic mass is 10.3. The van der Waals surface area contributed by atoms with E-state index in [2.05, 4.69) is 36.8 Å². The van der Waals surface area contributed by atoms with Gasteiger partial charge in [-0.05, 0) is 0 Å². The third kappa shape index (κ3) is 8.67. The second kappa shape index (κ2) is 11.8. The Morgan fingerprint density at radius 3 is 2.09 bits per heavy atom. The Hall–Kier alpha value is -0.700. The fraction of sp³-hybridized carbons (Fsp3) is 0.571. The Kier molecular flexibility index (Phi) is 10.4. The van der Waals surface area contributed by atoms with Crippen LogP contribution in [0.25, 0.3) is 0 Å². The molecular weight excluding hydrogens is 422 g/mol. The van der Waals surface area contributed by atoms with Gasteiger partial charge >= 0.3 is 5.97 Å². The fourth-order valence-electron chi connectivity index (χ4n) is 1.54. The van der Waals surface area contributed by atoms with Gasteiger partial charge in [0.2, 0.25) is 0 Å². The number of aliphatic carboxylic acids is 1. The topological polar surface area (TPSA) is 77.9 Å².